The molecule has 0 radical (unpaired) electrons. The number of hydrogen-bond donors (Lipinski definition) is 0. The van der Waals surface area contributed by atoms with Crippen LogP contribution in [0, 0.1) is 25.7 Å². The summed E-state index contributed by atoms with van der Waals surface area (Å²) < 4.78 is 48.7. The average molecular weight is 1090 g/mol. The first-order valence-electron chi connectivity index (χ1n) is 20.4. The van der Waals surface area contributed by atoms with Gasteiger partial charge < -0.3 is 25.1 Å². The Kier molecular flexibility index (Phi) is 18.1. The number of benzene rings is 2. The second-order valence-electron chi connectivity index (χ2n) is 14.4. The molecule has 0 saturated heterocycles. The standard InChI is InChI=1S/C28H17N3O4S2.C21H16F3N6.CNS.Ru/c1-2-3-19-14-36-15-22(19)28-5-4-27(37-28)18-6-8-29-23(10-18)25-12-21(35-17-33)13-26(31-25)24-11-20(34-16-32)7-9-30-24;1-13-3-7-15(8-4-13)30(16-9-5-14(2)6-10-16)20-26-12-25-19(27-20)17-11-18(29-28-17)21(22,23)24;2-1-3;/h4-17H,1H3;3-12H,1-2H3;;/q;2*-1;+2. The molecular formula is C50H33F3N10O4RuS3. The number of nitrogens with zero attached hydrogens (tertiary/aromatic N) is 10. The molecule has 0 fully saturated rings. The van der Waals surface area contributed by atoms with E-state index >= 15 is 0 Å². The van der Waals surface area contributed by atoms with Crippen LogP contribution in [0.15, 0.2) is 133 Å². The normalized spacial score (nSPS) is 10.3. The predicted octanol–water partition coefficient (Wildman–Crippen LogP) is 11.8. The minimum absolute atomic E-state index is 0. The number of carbonyl (C=O) groups is 2. The Labute approximate surface area is 430 Å². The summed E-state index contributed by atoms with van der Waals surface area (Å²) in [6.45, 7) is 6.48. The molecule has 9 aromatic rings. The molecule has 0 saturated carbocycles. The third-order valence-electron chi connectivity index (χ3n) is 9.66. The molecule has 0 atom stereocenters. The van der Waals surface area contributed by atoms with Gasteiger partial charge in [-0.25, -0.2) is 15.0 Å². The monoisotopic (exact) mass is 1090 g/mol. The van der Waals surface area contributed by atoms with Crippen LogP contribution < -0.4 is 19.5 Å². The van der Waals surface area contributed by atoms with Crippen molar-refractivity contribution in [1.29, 1.82) is 0 Å². The zero-order valence-electron chi connectivity index (χ0n) is 37.2. The van der Waals surface area contributed by atoms with E-state index in [9.17, 15) is 22.8 Å². The smallest absolute Gasteiger partial charge is 0.753 e. The van der Waals surface area contributed by atoms with Crippen LogP contribution in [0.25, 0.3) is 60.6 Å². The van der Waals surface area contributed by atoms with Gasteiger partial charge in [0.15, 0.2) is 0 Å². The number of thiophene rings is 2. The molecule has 0 N–H and O–H groups in total. The molecule has 71 heavy (non-hydrogen) atoms. The van der Waals surface area contributed by atoms with Crippen molar-refractivity contribution in [3.8, 4) is 78.5 Å². The van der Waals surface area contributed by atoms with Crippen molar-refractivity contribution in [2.45, 2.75) is 26.9 Å². The van der Waals surface area contributed by atoms with Gasteiger partial charge in [0.25, 0.3) is 12.9 Å². The van der Waals surface area contributed by atoms with Crippen LogP contribution in [0.2, 0.25) is 0 Å². The van der Waals surface area contributed by atoms with Crippen LogP contribution >= 0.6 is 34.9 Å². The van der Waals surface area contributed by atoms with E-state index < -0.39 is 11.9 Å². The molecule has 0 aliphatic heterocycles. The molecule has 0 bridgehead atoms. The first-order chi connectivity index (χ1) is 33.9. The minimum atomic E-state index is -4.59. The summed E-state index contributed by atoms with van der Waals surface area (Å²) in [7, 11) is 0. The Morgan fingerprint density at radius 2 is 1.32 bits per heavy atom. The van der Waals surface area contributed by atoms with Crippen molar-refractivity contribution in [1.82, 2.24) is 40.1 Å². The van der Waals surface area contributed by atoms with Gasteiger partial charge in [-0.2, -0.15) is 34.7 Å². The van der Waals surface area contributed by atoms with E-state index in [-0.39, 0.29) is 42.7 Å². The largest absolute Gasteiger partial charge is 2.00 e. The van der Waals surface area contributed by atoms with Gasteiger partial charge in [0.05, 0.1) is 22.8 Å². The van der Waals surface area contributed by atoms with Gasteiger partial charge in [0.2, 0.25) is 5.95 Å². The van der Waals surface area contributed by atoms with E-state index in [0.29, 0.717) is 41.5 Å². The third-order valence-corrected chi connectivity index (χ3v) is 11.6. The van der Waals surface area contributed by atoms with Gasteiger partial charge >= 0.3 is 25.7 Å². The number of pyridine rings is 3. The topological polar surface area (TPSA) is 182 Å². The molecule has 354 valence electrons. The Morgan fingerprint density at radius 1 is 0.732 bits per heavy atom. The molecule has 7 aromatic heterocycles. The number of ether oxygens (including phenoxy) is 2. The molecule has 2 aromatic carbocycles. The number of anilines is 3. The molecule has 21 heteroatoms. The number of isothiocyanates is 1. The second-order valence-corrected chi connectivity index (χ2v) is 16.4. The van der Waals surface area contributed by atoms with Gasteiger partial charge in [0, 0.05) is 73.6 Å². The van der Waals surface area contributed by atoms with Crippen molar-refractivity contribution in [2.75, 3.05) is 4.90 Å². The molecule has 9 rings (SSSR count). The van der Waals surface area contributed by atoms with Gasteiger partial charge in [0.1, 0.15) is 29.3 Å². The number of halogens is 3. The summed E-state index contributed by atoms with van der Waals surface area (Å²) in [4.78, 5) is 51.9. The molecule has 7 heterocycles. The molecule has 0 spiro atoms. The first-order valence-corrected chi connectivity index (χ1v) is 22.5. The Balaban J connectivity index is 0.000000222. The summed E-state index contributed by atoms with van der Waals surface area (Å²) in [5.74, 6) is 6.99. The van der Waals surface area contributed by atoms with Crippen molar-refractivity contribution < 1.29 is 51.7 Å². The molecule has 0 aliphatic rings. The van der Waals surface area contributed by atoms with Crippen molar-refractivity contribution in [3.05, 3.63) is 160 Å². The molecule has 0 unspecified atom stereocenters. The van der Waals surface area contributed by atoms with E-state index in [1.807, 2.05) is 81.4 Å². The fourth-order valence-corrected chi connectivity index (χ4v) is 8.37. The molecule has 0 amide bonds. The summed E-state index contributed by atoms with van der Waals surface area (Å²) >= 11 is 7.00. The number of alkyl halides is 3. The Bertz CT molecular complexity index is 3320. The third kappa shape index (κ3) is 13.4. The average Bonchev–Trinajstić information content (AvgIpc) is 4.17. The predicted molar refractivity (Wildman–Crippen MR) is 265 cm³/mol. The number of thiocarbonyl (C=S) groups is 1. The van der Waals surface area contributed by atoms with E-state index in [2.05, 4.69) is 82.1 Å². The Morgan fingerprint density at radius 3 is 1.93 bits per heavy atom. The quantitative estimate of drug-likeness (QED) is 0.0370. The number of hydrogen-bond acceptors (Lipinski definition) is 15. The fraction of sp³-hybridized carbons (Fsp3) is 0.0800. The number of carbonyl (C=O) groups excluding carboxylic acids is 2. The molecular weight excluding hydrogens is 1060 g/mol. The van der Waals surface area contributed by atoms with Crippen LogP contribution in [0.5, 0.6) is 11.5 Å². The minimum Gasteiger partial charge on any atom is -0.753 e. The van der Waals surface area contributed by atoms with Crippen LogP contribution in [0.3, 0.4) is 0 Å². The SMILES string of the molecule is CC#Cc1cscc1-c1ccc(-c2ccnc(-c3cc(OC=O)cc(-c4cc(OC=O)ccn4)n3)c2)s1.Cc1ccc(N(c2ccc(C)cc2)c2ncnc(-c3cc(C(F)(F)F)n[n-]3)n2)cc1.[N-]=C=S.[Ru+2]. The Hall–Kier alpha value is -7.98. The number of rotatable bonds is 12. The van der Waals surface area contributed by atoms with Crippen LogP contribution in [-0.4, -0.2) is 53.1 Å². The van der Waals surface area contributed by atoms with Gasteiger partial charge in [-0.3, -0.25) is 24.5 Å². The summed E-state index contributed by atoms with van der Waals surface area (Å²) in [5, 5.41) is 19.4. The van der Waals surface area contributed by atoms with Crippen molar-refractivity contribution in [3.63, 3.8) is 0 Å². The fourth-order valence-electron chi connectivity index (χ4n) is 6.48. The van der Waals surface area contributed by atoms with Crippen molar-refractivity contribution in [2.24, 2.45) is 0 Å². The summed E-state index contributed by atoms with van der Waals surface area (Å²) in [6.07, 6.45) is -0.124. The maximum atomic E-state index is 12.9. The van der Waals surface area contributed by atoms with E-state index in [1.54, 1.807) is 58.0 Å². The van der Waals surface area contributed by atoms with Gasteiger partial charge in [-0.05, 0) is 87.0 Å². The van der Waals surface area contributed by atoms with Gasteiger partial charge in [-0.15, -0.1) is 17.3 Å². The van der Waals surface area contributed by atoms with Crippen LogP contribution in [-0.2, 0) is 35.2 Å². The first kappa shape index (κ1) is 52.4. The number of aryl methyl sites for hydroxylation is 2. The zero-order chi connectivity index (χ0) is 49.6. The van der Waals surface area contributed by atoms with Gasteiger partial charge in [-0.1, -0.05) is 59.2 Å². The number of aromatic nitrogens is 8. The van der Waals surface area contributed by atoms with Crippen LogP contribution in [0.1, 0.15) is 29.3 Å². The van der Waals surface area contributed by atoms with E-state index in [0.717, 1.165) is 55.0 Å². The summed E-state index contributed by atoms with van der Waals surface area (Å²) in [6, 6.07) is 30.7. The molecule has 14 nitrogen and oxygen atoms in total. The van der Waals surface area contributed by atoms with E-state index in [1.165, 1.54) is 17.7 Å². The zero-order valence-corrected chi connectivity index (χ0v) is 41.4. The van der Waals surface area contributed by atoms with E-state index in [4.69, 9.17) is 19.9 Å². The van der Waals surface area contributed by atoms with Crippen LogP contribution in [0.4, 0.5) is 30.5 Å². The summed E-state index contributed by atoms with van der Waals surface area (Å²) in [5.41, 5.74) is 7.70. The second kappa shape index (κ2) is 24.5. The molecule has 0 aliphatic carbocycles. The maximum Gasteiger partial charge on any atom is 2.00 e. The maximum absolute atomic E-state index is 12.9. The van der Waals surface area contributed by atoms with Crippen molar-refractivity contribution >= 4 is 70.3 Å².